The number of nitrogens with two attached hydrogens (primary N) is 1. The Bertz CT molecular complexity index is 56.4. The molecule has 0 radical (unpaired) electrons. The average molecular weight is 134 g/mol. The summed E-state index contributed by atoms with van der Waals surface area (Å²) in [7, 11) is 2.63. The topological polar surface area (TPSA) is 29.3 Å². The van der Waals surface area contributed by atoms with E-state index in [-0.39, 0.29) is 6.04 Å². The van der Waals surface area contributed by atoms with Crippen molar-refractivity contribution in [2.75, 3.05) is 13.1 Å². The molecule has 0 spiro atoms. The average Bonchev–Trinajstić information content (AvgIpc) is 1.65. The minimum Gasteiger partial charge on any atom is -0.327 e. The molecule has 0 saturated heterocycles. The lowest BCUT2D eigenvalue weighted by molar-refractivity contribution is 0.458. The Morgan fingerprint density at radius 1 is 1.75 bits per heavy atom. The van der Waals surface area contributed by atoms with Crippen molar-refractivity contribution in [1.29, 1.82) is 0 Å². The van der Waals surface area contributed by atoms with Gasteiger partial charge in [0.25, 0.3) is 0 Å². The third-order valence-electron chi connectivity index (χ3n) is 0.929. The molecule has 50 valence electrons. The SMILES string of the molecule is CCN(P)C[C@H](C)N. The monoisotopic (exact) mass is 134 g/mol. The molecule has 0 aliphatic rings. The summed E-state index contributed by atoms with van der Waals surface area (Å²) in [6.45, 7) is 6.12. The molecule has 0 aromatic carbocycles. The Labute approximate surface area is 53.7 Å². The molecule has 0 saturated carbocycles. The lowest BCUT2D eigenvalue weighted by atomic mass is 10.4. The van der Waals surface area contributed by atoms with Gasteiger partial charge in [0.2, 0.25) is 0 Å². The molecule has 8 heavy (non-hydrogen) atoms. The van der Waals surface area contributed by atoms with Crippen molar-refractivity contribution in [2.24, 2.45) is 5.73 Å². The largest absolute Gasteiger partial charge is 0.327 e. The molecule has 0 aromatic rings. The highest BCUT2D eigenvalue weighted by molar-refractivity contribution is 7.13. The zero-order valence-electron chi connectivity index (χ0n) is 5.59. The van der Waals surface area contributed by atoms with Crippen molar-refractivity contribution in [1.82, 2.24) is 4.67 Å². The Morgan fingerprint density at radius 3 is 2.38 bits per heavy atom. The summed E-state index contributed by atoms with van der Waals surface area (Å²) < 4.78 is 2.12. The quantitative estimate of drug-likeness (QED) is 0.568. The Hall–Kier alpha value is 0.350. The molecule has 0 aromatic heterocycles. The number of hydrogen-bond acceptors (Lipinski definition) is 2. The standard InChI is InChI=1S/C5H15N2P/c1-3-7(8)4-5(2)6/h5H,3-4,6,8H2,1-2H3/t5-/m0/s1. The molecule has 0 bridgehead atoms. The molecule has 3 heteroatoms. The van der Waals surface area contributed by atoms with Gasteiger partial charge in [-0.05, 0) is 13.5 Å². The molecular formula is C5H15N2P. The maximum atomic E-state index is 5.51. The van der Waals surface area contributed by atoms with E-state index in [9.17, 15) is 0 Å². The first-order valence-electron chi connectivity index (χ1n) is 2.92. The van der Waals surface area contributed by atoms with Gasteiger partial charge in [-0.25, -0.2) is 0 Å². The fraction of sp³-hybridized carbons (Fsp3) is 1.00. The van der Waals surface area contributed by atoms with Gasteiger partial charge < -0.3 is 5.73 Å². The Balaban J connectivity index is 3.10. The van der Waals surface area contributed by atoms with Gasteiger partial charge in [-0.3, -0.25) is 4.67 Å². The minimum atomic E-state index is 0.285. The zero-order chi connectivity index (χ0) is 6.57. The molecule has 2 nitrogen and oxygen atoms in total. The van der Waals surface area contributed by atoms with Crippen LogP contribution >= 0.6 is 9.39 Å². The first-order chi connectivity index (χ1) is 3.66. The van der Waals surface area contributed by atoms with Crippen molar-refractivity contribution < 1.29 is 0 Å². The van der Waals surface area contributed by atoms with Crippen LogP contribution in [-0.2, 0) is 0 Å². The highest BCUT2D eigenvalue weighted by Crippen LogP contribution is 1.96. The molecular weight excluding hydrogens is 119 g/mol. The lowest BCUT2D eigenvalue weighted by Crippen LogP contribution is -2.29. The van der Waals surface area contributed by atoms with Crippen LogP contribution < -0.4 is 5.73 Å². The Morgan fingerprint density at radius 2 is 2.25 bits per heavy atom. The third-order valence-corrected chi connectivity index (χ3v) is 1.50. The van der Waals surface area contributed by atoms with Crippen molar-refractivity contribution in [3.63, 3.8) is 0 Å². The molecule has 0 heterocycles. The number of rotatable bonds is 3. The van der Waals surface area contributed by atoms with Crippen LogP contribution in [0.5, 0.6) is 0 Å². The summed E-state index contributed by atoms with van der Waals surface area (Å²) in [6.07, 6.45) is 0. The molecule has 0 aliphatic carbocycles. The molecule has 2 atom stereocenters. The number of hydrogen-bond donors (Lipinski definition) is 1. The smallest absolute Gasteiger partial charge is 0.0165 e. The summed E-state index contributed by atoms with van der Waals surface area (Å²) in [5.41, 5.74) is 5.51. The van der Waals surface area contributed by atoms with Gasteiger partial charge in [0, 0.05) is 12.6 Å². The van der Waals surface area contributed by atoms with Crippen LogP contribution in [0, 0.1) is 0 Å². The van der Waals surface area contributed by atoms with Crippen LogP contribution in [0.2, 0.25) is 0 Å². The van der Waals surface area contributed by atoms with Gasteiger partial charge in [-0.2, -0.15) is 0 Å². The predicted octanol–water partition coefficient (Wildman–Crippen LogP) is 0.446. The van der Waals surface area contributed by atoms with E-state index in [1.807, 2.05) is 6.92 Å². The van der Waals surface area contributed by atoms with Crippen LogP contribution in [0.4, 0.5) is 0 Å². The highest BCUT2D eigenvalue weighted by Gasteiger charge is 1.96. The van der Waals surface area contributed by atoms with Crippen LogP contribution in [0.15, 0.2) is 0 Å². The van der Waals surface area contributed by atoms with E-state index in [2.05, 4.69) is 21.0 Å². The zero-order valence-corrected chi connectivity index (χ0v) is 6.75. The maximum Gasteiger partial charge on any atom is 0.0165 e. The van der Waals surface area contributed by atoms with Crippen molar-refractivity contribution in [2.45, 2.75) is 19.9 Å². The molecule has 0 rings (SSSR count). The van der Waals surface area contributed by atoms with Gasteiger partial charge in [0.1, 0.15) is 0 Å². The van der Waals surface area contributed by atoms with E-state index >= 15 is 0 Å². The summed E-state index contributed by atoms with van der Waals surface area (Å²) in [5.74, 6) is 0. The van der Waals surface area contributed by atoms with Crippen molar-refractivity contribution >= 4 is 9.39 Å². The van der Waals surface area contributed by atoms with Gasteiger partial charge in [0.05, 0.1) is 0 Å². The van der Waals surface area contributed by atoms with Crippen molar-refractivity contribution in [3.8, 4) is 0 Å². The first-order valence-corrected chi connectivity index (χ1v) is 3.43. The fourth-order valence-corrected chi connectivity index (χ4v) is 0.832. The van der Waals surface area contributed by atoms with Gasteiger partial charge in [0.15, 0.2) is 0 Å². The summed E-state index contributed by atoms with van der Waals surface area (Å²) in [5, 5.41) is 0. The highest BCUT2D eigenvalue weighted by atomic mass is 31.0. The van der Waals surface area contributed by atoms with E-state index < -0.39 is 0 Å². The molecule has 0 fully saturated rings. The van der Waals surface area contributed by atoms with Gasteiger partial charge in [-0.1, -0.05) is 16.3 Å². The van der Waals surface area contributed by atoms with Crippen LogP contribution in [-0.4, -0.2) is 23.8 Å². The molecule has 0 amide bonds. The lowest BCUT2D eigenvalue weighted by Gasteiger charge is -2.15. The van der Waals surface area contributed by atoms with Crippen LogP contribution in [0.25, 0.3) is 0 Å². The Kier molecular flexibility index (Phi) is 4.44. The normalized spacial score (nSPS) is 14.6. The van der Waals surface area contributed by atoms with Crippen LogP contribution in [0.3, 0.4) is 0 Å². The third kappa shape index (κ3) is 4.51. The number of nitrogens with zero attached hydrogens (tertiary/aromatic N) is 1. The summed E-state index contributed by atoms with van der Waals surface area (Å²) in [4.78, 5) is 0. The number of likely N-dealkylation sites (N-methyl/N-ethyl adjacent to an activating group) is 1. The van der Waals surface area contributed by atoms with Crippen LogP contribution in [0.1, 0.15) is 13.8 Å². The molecule has 0 aliphatic heterocycles. The van der Waals surface area contributed by atoms with Crippen molar-refractivity contribution in [3.05, 3.63) is 0 Å². The maximum absolute atomic E-state index is 5.51. The van der Waals surface area contributed by atoms with Gasteiger partial charge in [-0.15, -0.1) is 0 Å². The first kappa shape index (κ1) is 8.35. The second kappa shape index (κ2) is 4.25. The fourth-order valence-electron chi connectivity index (χ4n) is 0.499. The summed E-state index contributed by atoms with van der Waals surface area (Å²) >= 11 is 0. The predicted molar refractivity (Wildman–Crippen MR) is 40.6 cm³/mol. The van der Waals surface area contributed by atoms with E-state index in [1.165, 1.54) is 0 Å². The van der Waals surface area contributed by atoms with E-state index in [0.717, 1.165) is 13.1 Å². The molecule has 1 unspecified atom stereocenters. The van der Waals surface area contributed by atoms with E-state index in [0.29, 0.717) is 0 Å². The second-order valence-corrected chi connectivity index (χ2v) is 2.80. The van der Waals surface area contributed by atoms with Gasteiger partial charge >= 0.3 is 0 Å². The van der Waals surface area contributed by atoms with E-state index in [1.54, 1.807) is 0 Å². The van der Waals surface area contributed by atoms with E-state index in [4.69, 9.17) is 5.73 Å². The molecule has 2 N–H and O–H groups in total. The second-order valence-electron chi connectivity index (χ2n) is 2.06. The summed E-state index contributed by atoms with van der Waals surface area (Å²) in [6, 6.07) is 0.285. The minimum absolute atomic E-state index is 0.285.